The minimum Gasteiger partial charge on any atom is -0.495 e. The van der Waals surface area contributed by atoms with Gasteiger partial charge in [-0.3, -0.25) is 13.9 Å². The Bertz CT molecular complexity index is 1000. The normalized spacial score (nSPS) is 12.1. The summed E-state index contributed by atoms with van der Waals surface area (Å²) in [5.41, 5.74) is 6.71. The molecule has 8 nitrogen and oxygen atoms in total. The average Bonchev–Trinajstić information content (AvgIpc) is 2.61. The van der Waals surface area contributed by atoms with Crippen LogP contribution < -0.4 is 20.1 Å². The monoisotopic (exact) mass is 405 g/mol. The molecule has 28 heavy (non-hydrogen) atoms. The molecule has 0 heterocycles. The summed E-state index contributed by atoms with van der Waals surface area (Å²) >= 11 is 0. The zero-order valence-electron chi connectivity index (χ0n) is 16.1. The molecule has 0 aliphatic rings. The zero-order valence-corrected chi connectivity index (χ0v) is 16.9. The van der Waals surface area contributed by atoms with E-state index in [0.29, 0.717) is 5.75 Å². The number of nitrogens with zero attached hydrogens (tertiary/aromatic N) is 1. The molecule has 2 aromatic rings. The van der Waals surface area contributed by atoms with Crippen LogP contribution in [0.2, 0.25) is 0 Å². The maximum Gasteiger partial charge on any atom is 0.250 e. The molecule has 9 heteroatoms. The number of aryl methyl sites for hydroxylation is 1. The lowest BCUT2D eigenvalue weighted by molar-refractivity contribution is -0.116. The van der Waals surface area contributed by atoms with Crippen LogP contribution in [0, 0.1) is 6.92 Å². The zero-order chi connectivity index (χ0) is 21.1. The SMILES string of the molecule is COc1ccc(C)cc1N(C(C)C(=O)Nc1ccccc1C(N)=O)S(C)(=O)=O. The van der Waals surface area contributed by atoms with Crippen LogP contribution in [0.1, 0.15) is 22.8 Å². The Balaban J connectivity index is 2.45. The van der Waals surface area contributed by atoms with Gasteiger partial charge in [0.25, 0.3) is 5.91 Å². The fourth-order valence-corrected chi connectivity index (χ4v) is 3.97. The van der Waals surface area contributed by atoms with E-state index >= 15 is 0 Å². The molecule has 2 aromatic carbocycles. The summed E-state index contributed by atoms with van der Waals surface area (Å²) in [7, 11) is -2.41. The molecule has 2 rings (SSSR count). The third kappa shape index (κ3) is 4.61. The standard InChI is InChI=1S/C19H23N3O5S/c1-12-9-10-17(27-3)16(11-12)22(28(4,25)26)13(2)19(24)21-15-8-6-5-7-14(15)18(20)23/h5-11,13H,1-4H3,(H2,20,23)(H,21,24). The number of methoxy groups -OCH3 is 1. The number of rotatable bonds is 7. The predicted molar refractivity (Wildman–Crippen MR) is 108 cm³/mol. The lowest BCUT2D eigenvalue weighted by Crippen LogP contribution is -2.45. The van der Waals surface area contributed by atoms with Crippen molar-refractivity contribution in [1.82, 2.24) is 0 Å². The van der Waals surface area contributed by atoms with E-state index in [9.17, 15) is 18.0 Å². The third-order valence-corrected chi connectivity index (χ3v) is 5.34. The summed E-state index contributed by atoms with van der Waals surface area (Å²) < 4.78 is 31.3. The highest BCUT2D eigenvalue weighted by Gasteiger charge is 2.31. The smallest absolute Gasteiger partial charge is 0.250 e. The molecule has 3 N–H and O–H groups in total. The number of hydrogen-bond donors (Lipinski definition) is 2. The van der Waals surface area contributed by atoms with Crippen LogP contribution in [-0.4, -0.2) is 39.6 Å². The predicted octanol–water partition coefficient (Wildman–Crippen LogP) is 1.90. The van der Waals surface area contributed by atoms with Gasteiger partial charge in [-0.25, -0.2) is 8.42 Å². The number of hydrogen-bond acceptors (Lipinski definition) is 5. The molecule has 1 unspecified atom stereocenters. The van der Waals surface area contributed by atoms with Crippen molar-refractivity contribution in [3.8, 4) is 5.75 Å². The van der Waals surface area contributed by atoms with Crippen LogP contribution in [0.5, 0.6) is 5.75 Å². The van der Waals surface area contributed by atoms with Gasteiger partial charge in [0.05, 0.1) is 30.3 Å². The Morgan fingerprint density at radius 2 is 1.82 bits per heavy atom. The third-order valence-electron chi connectivity index (χ3n) is 4.11. The van der Waals surface area contributed by atoms with Crippen molar-refractivity contribution in [3.63, 3.8) is 0 Å². The van der Waals surface area contributed by atoms with Crippen LogP contribution >= 0.6 is 0 Å². The Kier molecular flexibility index (Phi) is 6.30. The van der Waals surface area contributed by atoms with Crippen LogP contribution in [0.15, 0.2) is 42.5 Å². The molecule has 0 fully saturated rings. The summed E-state index contributed by atoms with van der Waals surface area (Å²) in [5.74, 6) is -1.01. The molecule has 0 spiro atoms. The molecular weight excluding hydrogens is 382 g/mol. The maximum atomic E-state index is 12.8. The van der Waals surface area contributed by atoms with E-state index in [2.05, 4.69) is 5.32 Å². The van der Waals surface area contributed by atoms with E-state index in [0.717, 1.165) is 16.1 Å². The number of ether oxygens (including phenoxy) is 1. The minimum atomic E-state index is -3.83. The number of nitrogens with one attached hydrogen (secondary N) is 1. The van der Waals surface area contributed by atoms with Crippen LogP contribution in [0.25, 0.3) is 0 Å². The number of para-hydroxylation sites is 1. The largest absolute Gasteiger partial charge is 0.495 e. The fraction of sp³-hybridized carbons (Fsp3) is 0.263. The molecule has 0 aromatic heterocycles. The van der Waals surface area contributed by atoms with Crippen molar-refractivity contribution in [2.45, 2.75) is 19.9 Å². The number of sulfonamides is 1. The first kappa shape index (κ1) is 21.2. The Labute approximate surface area is 164 Å². The van der Waals surface area contributed by atoms with Gasteiger partial charge < -0.3 is 15.8 Å². The fourth-order valence-electron chi connectivity index (χ4n) is 2.80. The van der Waals surface area contributed by atoms with E-state index in [4.69, 9.17) is 10.5 Å². The van der Waals surface area contributed by atoms with Crippen molar-refractivity contribution >= 4 is 33.2 Å². The number of carbonyl (C=O) groups is 2. The molecule has 0 bridgehead atoms. The highest BCUT2D eigenvalue weighted by atomic mass is 32.2. The number of nitrogens with two attached hydrogens (primary N) is 1. The first-order chi connectivity index (χ1) is 13.1. The van der Waals surface area contributed by atoms with Gasteiger partial charge in [-0.2, -0.15) is 0 Å². The number of anilines is 2. The van der Waals surface area contributed by atoms with Crippen LogP contribution in [0.4, 0.5) is 11.4 Å². The van der Waals surface area contributed by atoms with Crippen LogP contribution in [-0.2, 0) is 14.8 Å². The van der Waals surface area contributed by atoms with E-state index in [1.54, 1.807) is 37.3 Å². The van der Waals surface area contributed by atoms with E-state index in [1.807, 2.05) is 0 Å². The maximum absolute atomic E-state index is 12.8. The second-order valence-electron chi connectivity index (χ2n) is 6.31. The Hall–Kier alpha value is -3.07. The van der Waals surface area contributed by atoms with Crippen molar-refractivity contribution < 1.29 is 22.7 Å². The van der Waals surface area contributed by atoms with Gasteiger partial charge in [0.15, 0.2) is 0 Å². The number of primary amides is 1. The Morgan fingerprint density at radius 3 is 2.39 bits per heavy atom. The highest BCUT2D eigenvalue weighted by molar-refractivity contribution is 7.92. The Morgan fingerprint density at radius 1 is 1.18 bits per heavy atom. The lowest BCUT2D eigenvalue weighted by atomic mass is 10.1. The molecule has 0 radical (unpaired) electrons. The second kappa shape index (κ2) is 8.30. The molecule has 150 valence electrons. The topological polar surface area (TPSA) is 119 Å². The summed E-state index contributed by atoms with van der Waals surface area (Å²) in [6, 6.07) is 10.1. The van der Waals surface area contributed by atoms with E-state index in [-0.39, 0.29) is 16.9 Å². The number of carbonyl (C=O) groups excluding carboxylic acids is 2. The van der Waals surface area contributed by atoms with Gasteiger partial charge in [0, 0.05) is 0 Å². The average molecular weight is 405 g/mol. The molecule has 0 saturated carbocycles. The van der Waals surface area contributed by atoms with Gasteiger partial charge in [-0.1, -0.05) is 18.2 Å². The first-order valence-electron chi connectivity index (χ1n) is 8.40. The van der Waals surface area contributed by atoms with E-state index < -0.39 is 27.9 Å². The molecular formula is C19H23N3O5S. The van der Waals surface area contributed by atoms with Gasteiger partial charge in [0.2, 0.25) is 15.9 Å². The van der Waals surface area contributed by atoms with Crippen molar-refractivity contribution in [1.29, 1.82) is 0 Å². The minimum absolute atomic E-state index is 0.127. The van der Waals surface area contributed by atoms with Gasteiger partial charge in [-0.15, -0.1) is 0 Å². The number of benzene rings is 2. The first-order valence-corrected chi connectivity index (χ1v) is 10.2. The van der Waals surface area contributed by atoms with Crippen LogP contribution in [0.3, 0.4) is 0 Å². The summed E-state index contributed by atoms with van der Waals surface area (Å²) in [4.78, 5) is 24.4. The summed E-state index contributed by atoms with van der Waals surface area (Å²) in [5, 5.41) is 2.58. The quantitative estimate of drug-likeness (QED) is 0.729. The molecule has 2 amide bonds. The van der Waals surface area contributed by atoms with Gasteiger partial charge in [-0.05, 0) is 43.7 Å². The number of amides is 2. The molecule has 0 aliphatic heterocycles. The van der Waals surface area contributed by atoms with E-state index in [1.165, 1.54) is 26.2 Å². The summed E-state index contributed by atoms with van der Waals surface area (Å²) in [6.07, 6.45) is 1.01. The van der Waals surface area contributed by atoms with Crippen molar-refractivity contribution in [2.24, 2.45) is 5.73 Å². The summed E-state index contributed by atoms with van der Waals surface area (Å²) in [6.45, 7) is 3.25. The van der Waals surface area contributed by atoms with Crippen molar-refractivity contribution in [2.75, 3.05) is 23.0 Å². The van der Waals surface area contributed by atoms with Gasteiger partial charge in [0.1, 0.15) is 11.8 Å². The highest BCUT2D eigenvalue weighted by Crippen LogP contribution is 2.33. The molecule has 0 saturated heterocycles. The second-order valence-corrected chi connectivity index (χ2v) is 8.17. The van der Waals surface area contributed by atoms with Crippen molar-refractivity contribution in [3.05, 3.63) is 53.6 Å². The van der Waals surface area contributed by atoms with Gasteiger partial charge >= 0.3 is 0 Å². The molecule has 0 aliphatic carbocycles. The molecule has 1 atom stereocenters. The lowest BCUT2D eigenvalue weighted by Gasteiger charge is -2.29.